The van der Waals surface area contributed by atoms with Crippen molar-refractivity contribution in [2.24, 2.45) is 0 Å². The molecule has 0 atom stereocenters. The number of amides is 2. The third kappa shape index (κ3) is 6.01. The predicted octanol–water partition coefficient (Wildman–Crippen LogP) is 2.30. The molecule has 0 saturated carbocycles. The van der Waals surface area contributed by atoms with Gasteiger partial charge in [0.15, 0.2) is 0 Å². The zero-order valence-electron chi connectivity index (χ0n) is 14.3. The first-order chi connectivity index (χ1) is 12.5. The van der Waals surface area contributed by atoms with Crippen LogP contribution in [0, 0.1) is 5.82 Å². The lowest BCUT2D eigenvalue weighted by Gasteiger charge is -2.08. The average molecular weight is 358 g/mol. The Morgan fingerprint density at radius 2 is 1.62 bits per heavy atom. The van der Waals surface area contributed by atoms with Crippen molar-refractivity contribution in [1.29, 1.82) is 0 Å². The van der Waals surface area contributed by atoms with Crippen LogP contribution < -0.4 is 10.6 Å². The predicted molar refractivity (Wildman–Crippen MR) is 94.1 cm³/mol. The number of carbonyl (C=O) groups is 3. The molecule has 6 nitrogen and oxygen atoms in total. The van der Waals surface area contributed by atoms with E-state index in [-0.39, 0.29) is 31.3 Å². The summed E-state index contributed by atoms with van der Waals surface area (Å²) in [6.45, 7) is 1.81. The van der Waals surface area contributed by atoms with E-state index in [2.05, 4.69) is 10.6 Å². The topological polar surface area (TPSA) is 84.5 Å². The highest BCUT2D eigenvalue weighted by atomic mass is 19.1. The van der Waals surface area contributed by atoms with Crippen LogP contribution in [-0.4, -0.2) is 30.9 Å². The summed E-state index contributed by atoms with van der Waals surface area (Å²) in [7, 11) is 0. The van der Waals surface area contributed by atoms with Crippen molar-refractivity contribution in [3.05, 3.63) is 65.5 Å². The molecule has 0 aliphatic rings. The quantitative estimate of drug-likeness (QED) is 0.744. The molecule has 7 heteroatoms. The third-order valence-corrected chi connectivity index (χ3v) is 3.40. The van der Waals surface area contributed by atoms with E-state index >= 15 is 0 Å². The fraction of sp³-hybridized carbons (Fsp3) is 0.211. The van der Waals surface area contributed by atoms with Gasteiger partial charge in [0, 0.05) is 5.69 Å². The second-order valence-corrected chi connectivity index (χ2v) is 5.43. The maximum atomic E-state index is 12.8. The van der Waals surface area contributed by atoms with Crippen LogP contribution in [0.1, 0.15) is 22.8 Å². The molecule has 0 saturated heterocycles. The van der Waals surface area contributed by atoms with E-state index in [1.165, 1.54) is 24.3 Å². The Morgan fingerprint density at radius 1 is 0.962 bits per heavy atom. The minimum absolute atomic E-state index is 0.0573. The van der Waals surface area contributed by atoms with E-state index < -0.39 is 11.9 Å². The lowest BCUT2D eigenvalue weighted by Crippen LogP contribution is -2.33. The molecule has 0 aliphatic carbocycles. The first kappa shape index (κ1) is 19.1. The van der Waals surface area contributed by atoms with Crippen molar-refractivity contribution in [3.8, 4) is 0 Å². The second kappa shape index (κ2) is 9.31. The maximum Gasteiger partial charge on any atom is 0.338 e. The van der Waals surface area contributed by atoms with Gasteiger partial charge >= 0.3 is 5.97 Å². The molecule has 0 bridgehead atoms. The van der Waals surface area contributed by atoms with Gasteiger partial charge in [0.2, 0.25) is 11.8 Å². The lowest BCUT2D eigenvalue weighted by atomic mass is 10.1. The average Bonchev–Trinajstić information content (AvgIpc) is 2.63. The SMILES string of the molecule is CCOC(=O)c1ccc(NC(=O)CNC(=O)Cc2ccc(F)cc2)cc1. The molecule has 2 N–H and O–H groups in total. The van der Waals surface area contributed by atoms with Gasteiger partial charge in [-0.15, -0.1) is 0 Å². The van der Waals surface area contributed by atoms with E-state index in [0.717, 1.165) is 0 Å². The molecular formula is C19H19FN2O4. The fourth-order valence-corrected chi connectivity index (χ4v) is 2.14. The highest BCUT2D eigenvalue weighted by Crippen LogP contribution is 2.10. The van der Waals surface area contributed by atoms with Crippen molar-refractivity contribution in [2.45, 2.75) is 13.3 Å². The van der Waals surface area contributed by atoms with Gasteiger partial charge in [-0.25, -0.2) is 9.18 Å². The van der Waals surface area contributed by atoms with Gasteiger partial charge in [-0.05, 0) is 48.9 Å². The number of esters is 1. The number of rotatable bonds is 7. The Morgan fingerprint density at radius 3 is 2.23 bits per heavy atom. The normalized spacial score (nSPS) is 10.1. The van der Waals surface area contributed by atoms with Crippen LogP contribution in [0.25, 0.3) is 0 Å². The Kier molecular flexibility index (Phi) is 6.84. The van der Waals surface area contributed by atoms with Crippen LogP contribution in [0.4, 0.5) is 10.1 Å². The van der Waals surface area contributed by atoms with Crippen LogP contribution >= 0.6 is 0 Å². The lowest BCUT2D eigenvalue weighted by molar-refractivity contribution is -0.123. The van der Waals surface area contributed by atoms with E-state index in [0.29, 0.717) is 16.8 Å². The van der Waals surface area contributed by atoms with Crippen LogP contribution in [0.15, 0.2) is 48.5 Å². The number of ether oxygens (including phenoxy) is 1. The standard InChI is InChI=1S/C19H19FN2O4/c1-2-26-19(25)14-5-9-16(10-6-14)22-18(24)12-21-17(23)11-13-3-7-15(20)8-4-13/h3-10H,2,11-12H2,1H3,(H,21,23)(H,22,24). The number of nitrogens with one attached hydrogen (secondary N) is 2. The molecule has 136 valence electrons. The van der Waals surface area contributed by atoms with E-state index in [4.69, 9.17) is 4.74 Å². The Hall–Kier alpha value is -3.22. The molecule has 2 amide bonds. The van der Waals surface area contributed by atoms with Crippen LogP contribution in [0.2, 0.25) is 0 Å². The monoisotopic (exact) mass is 358 g/mol. The summed E-state index contributed by atoms with van der Waals surface area (Å²) < 4.78 is 17.7. The molecule has 0 aliphatic heterocycles. The van der Waals surface area contributed by atoms with Crippen LogP contribution in [0.5, 0.6) is 0 Å². The summed E-state index contributed by atoms with van der Waals surface area (Å²) in [5, 5.41) is 5.10. The van der Waals surface area contributed by atoms with E-state index in [1.807, 2.05) is 0 Å². The molecule has 0 aromatic heterocycles. The highest BCUT2D eigenvalue weighted by molar-refractivity contribution is 5.95. The zero-order valence-corrected chi connectivity index (χ0v) is 14.3. The van der Waals surface area contributed by atoms with Gasteiger partial charge in [-0.2, -0.15) is 0 Å². The summed E-state index contributed by atoms with van der Waals surface area (Å²) in [5.74, 6) is -1.55. The third-order valence-electron chi connectivity index (χ3n) is 3.40. The molecule has 0 unspecified atom stereocenters. The van der Waals surface area contributed by atoms with Crippen molar-refractivity contribution in [1.82, 2.24) is 5.32 Å². The molecule has 0 spiro atoms. The molecule has 2 aromatic carbocycles. The smallest absolute Gasteiger partial charge is 0.338 e. The molecular weight excluding hydrogens is 339 g/mol. The highest BCUT2D eigenvalue weighted by Gasteiger charge is 2.09. The molecule has 0 radical (unpaired) electrons. The molecule has 2 rings (SSSR count). The minimum atomic E-state index is -0.432. The molecule has 2 aromatic rings. The summed E-state index contributed by atoms with van der Waals surface area (Å²) >= 11 is 0. The largest absolute Gasteiger partial charge is 0.462 e. The van der Waals surface area contributed by atoms with E-state index in [1.54, 1.807) is 31.2 Å². The van der Waals surface area contributed by atoms with Gasteiger partial charge in [-0.3, -0.25) is 9.59 Å². The van der Waals surface area contributed by atoms with Gasteiger partial charge in [0.05, 0.1) is 25.1 Å². The second-order valence-electron chi connectivity index (χ2n) is 5.43. The van der Waals surface area contributed by atoms with Crippen molar-refractivity contribution >= 4 is 23.5 Å². The number of hydrogen-bond donors (Lipinski definition) is 2. The summed E-state index contributed by atoms with van der Waals surface area (Å²) in [6.07, 6.45) is 0.0573. The van der Waals surface area contributed by atoms with Gasteiger partial charge in [0.25, 0.3) is 0 Å². The fourth-order valence-electron chi connectivity index (χ4n) is 2.14. The number of carbonyl (C=O) groups excluding carboxylic acids is 3. The van der Waals surface area contributed by atoms with Crippen LogP contribution in [-0.2, 0) is 20.7 Å². The molecule has 0 fully saturated rings. The Balaban J connectivity index is 1.78. The van der Waals surface area contributed by atoms with Gasteiger partial charge in [0.1, 0.15) is 5.82 Å². The number of halogens is 1. The maximum absolute atomic E-state index is 12.8. The number of benzene rings is 2. The van der Waals surface area contributed by atoms with Crippen LogP contribution in [0.3, 0.4) is 0 Å². The number of anilines is 1. The van der Waals surface area contributed by atoms with Gasteiger partial charge < -0.3 is 15.4 Å². The molecule has 0 heterocycles. The Labute approximate surface area is 150 Å². The zero-order chi connectivity index (χ0) is 18.9. The Bertz CT molecular complexity index is 773. The summed E-state index contributed by atoms with van der Waals surface area (Å²) in [5.41, 5.74) is 1.53. The summed E-state index contributed by atoms with van der Waals surface area (Å²) in [6, 6.07) is 11.8. The summed E-state index contributed by atoms with van der Waals surface area (Å²) in [4.78, 5) is 35.2. The number of hydrogen-bond acceptors (Lipinski definition) is 4. The van der Waals surface area contributed by atoms with Gasteiger partial charge in [-0.1, -0.05) is 12.1 Å². The molecule has 26 heavy (non-hydrogen) atoms. The first-order valence-electron chi connectivity index (χ1n) is 8.06. The van der Waals surface area contributed by atoms with Crippen molar-refractivity contribution < 1.29 is 23.5 Å². The first-order valence-corrected chi connectivity index (χ1v) is 8.06. The van der Waals surface area contributed by atoms with Crippen molar-refractivity contribution in [3.63, 3.8) is 0 Å². The van der Waals surface area contributed by atoms with E-state index in [9.17, 15) is 18.8 Å². The minimum Gasteiger partial charge on any atom is -0.462 e. The van der Waals surface area contributed by atoms with Crippen molar-refractivity contribution in [2.75, 3.05) is 18.5 Å².